The fourth-order valence-corrected chi connectivity index (χ4v) is 2.49. The molecule has 1 aromatic rings. The molecule has 2 N–H and O–H groups in total. The quantitative estimate of drug-likeness (QED) is 0.770. The van der Waals surface area contributed by atoms with Gasteiger partial charge in [-0.2, -0.15) is 0 Å². The molecular formula is C17H24N2O3. The maximum atomic E-state index is 11.3. The van der Waals surface area contributed by atoms with E-state index in [1.54, 1.807) is 6.92 Å². The Labute approximate surface area is 131 Å². The normalized spacial score (nSPS) is 15.6. The van der Waals surface area contributed by atoms with Crippen LogP contribution in [0.1, 0.15) is 43.7 Å². The molecule has 0 heterocycles. The summed E-state index contributed by atoms with van der Waals surface area (Å²) in [5.41, 5.74) is 2.47. The van der Waals surface area contributed by atoms with Crippen LogP contribution in [0.5, 0.6) is 0 Å². The molecule has 1 aliphatic carbocycles. The number of carbonyl (C=O) groups excluding carboxylic acids is 1. The van der Waals surface area contributed by atoms with Gasteiger partial charge in [0.2, 0.25) is 5.91 Å². The van der Waals surface area contributed by atoms with Crippen molar-refractivity contribution in [1.82, 2.24) is 10.2 Å². The zero-order valence-electron chi connectivity index (χ0n) is 13.2. The van der Waals surface area contributed by atoms with Gasteiger partial charge in [0.25, 0.3) is 0 Å². The van der Waals surface area contributed by atoms with Crippen molar-refractivity contribution >= 4 is 11.9 Å². The Balaban J connectivity index is 1.97. The van der Waals surface area contributed by atoms with E-state index in [1.165, 1.54) is 25.3 Å². The Bertz CT molecular complexity index is 523. The zero-order chi connectivity index (χ0) is 16.1. The highest BCUT2D eigenvalue weighted by Gasteiger charge is 2.24. The van der Waals surface area contributed by atoms with Gasteiger partial charge in [-0.1, -0.05) is 24.3 Å². The molecule has 1 amide bonds. The first kappa shape index (κ1) is 16.5. The summed E-state index contributed by atoms with van der Waals surface area (Å²) in [5.74, 6) is -0.225. The monoisotopic (exact) mass is 304 g/mol. The van der Waals surface area contributed by atoms with Crippen molar-refractivity contribution in [2.24, 2.45) is 0 Å². The van der Waals surface area contributed by atoms with Gasteiger partial charge in [-0.05, 0) is 36.8 Å². The van der Waals surface area contributed by atoms with Crippen molar-refractivity contribution in [2.75, 3.05) is 13.1 Å². The molecule has 22 heavy (non-hydrogen) atoms. The van der Waals surface area contributed by atoms with Gasteiger partial charge in [-0.25, -0.2) is 0 Å². The number of benzene rings is 1. The van der Waals surface area contributed by atoms with E-state index in [4.69, 9.17) is 0 Å². The standard InChI is InChI=1S/C17H24N2O3/c1-12(17(21)22)19(10-9-18-13(2)20)11-14-3-5-15(6-4-14)16-7-8-16/h3-6,12,16H,7-11H2,1-2H3,(H,18,20)(H,21,22). The van der Waals surface area contributed by atoms with Crippen LogP contribution in [0.2, 0.25) is 0 Å². The van der Waals surface area contributed by atoms with Gasteiger partial charge >= 0.3 is 5.97 Å². The van der Waals surface area contributed by atoms with Crippen LogP contribution in [-0.4, -0.2) is 41.0 Å². The summed E-state index contributed by atoms with van der Waals surface area (Å²) in [6.45, 7) is 4.67. The maximum Gasteiger partial charge on any atom is 0.320 e. The van der Waals surface area contributed by atoms with Gasteiger partial charge in [0.1, 0.15) is 6.04 Å². The SMILES string of the molecule is CC(=O)NCCN(Cc1ccc(C2CC2)cc1)C(C)C(=O)O. The number of carboxylic acids is 1. The van der Waals surface area contributed by atoms with Crippen molar-refractivity contribution in [3.05, 3.63) is 35.4 Å². The fraction of sp³-hybridized carbons (Fsp3) is 0.529. The van der Waals surface area contributed by atoms with Crippen LogP contribution in [0.25, 0.3) is 0 Å². The molecule has 1 aliphatic rings. The predicted octanol–water partition coefficient (Wildman–Crippen LogP) is 1.98. The van der Waals surface area contributed by atoms with E-state index in [1.807, 2.05) is 4.90 Å². The predicted molar refractivity (Wildman–Crippen MR) is 84.6 cm³/mol. The Kier molecular flexibility index (Phi) is 5.55. The number of nitrogens with one attached hydrogen (secondary N) is 1. The molecule has 120 valence electrons. The average molecular weight is 304 g/mol. The molecule has 0 spiro atoms. The van der Waals surface area contributed by atoms with Gasteiger partial charge in [0, 0.05) is 26.6 Å². The molecular weight excluding hydrogens is 280 g/mol. The number of aliphatic carboxylic acids is 1. The summed E-state index contributed by atoms with van der Waals surface area (Å²) in [6.07, 6.45) is 2.55. The lowest BCUT2D eigenvalue weighted by atomic mass is 10.1. The highest BCUT2D eigenvalue weighted by molar-refractivity contribution is 5.73. The van der Waals surface area contributed by atoms with Crippen LogP contribution in [0.3, 0.4) is 0 Å². The minimum Gasteiger partial charge on any atom is -0.480 e. The van der Waals surface area contributed by atoms with Gasteiger partial charge in [0.05, 0.1) is 0 Å². The Morgan fingerprint density at radius 2 is 1.95 bits per heavy atom. The molecule has 5 heteroatoms. The van der Waals surface area contributed by atoms with Gasteiger partial charge in [0.15, 0.2) is 0 Å². The number of rotatable bonds is 8. The molecule has 1 atom stereocenters. The van der Waals surface area contributed by atoms with E-state index in [-0.39, 0.29) is 5.91 Å². The number of hydrogen-bond acceptors (Lipinski definition) is 3. The smallest absolute Gasteiger partial charge is 0.320 e. The second-order valence-electron chi connectivity index (χ2n) is 5.98. The van der Waals surface area contributed by atoms with Crippen molar-refractivity contribution in [3.8, 4) is 0 Å². The highest BCUT2D eigenvalue weighted by atomic mass is 16.4. The van der Waals surface area contributed by atoms with E-state index >= 15 is 0 Å². The molecule has 0 aromatic heterocycles. The van der Waals surface area contributed by atoms with Gasteiger partial charge in [-0.15, -0.1) is 0 Å². The molecule has 0 radical (unpaired) electrons. The highest BCUT2D eigenvalue weighted by Crippen LogP contribution is 2.39. The molecule has 2 rings (SSSR count). The van der Waals surface area contributed by atoms with Crippen LogP contribution in [0.4, 0.5) is 0 Å². The Hall–Kier alpha value is -1.88. The van der Waals surface area contributed by atoms with Crippen LogP contribution in [0, 0.1) is 0 Å². The summed E-state index contributed by atoms with van der Waals surface area (Å²) >= 11 is 0. The Morgan fingerprint density at radius 1 is 1.32 bits per heavy atom. The van der Waals surface area contributed by atoms with Crippen LogP contribution < -0.4 is 5.32 Å². The zero-order valence-corrected chi connectivity index (χ0v) is 13.2. The lowest BCUT2D eigenvalue weighted by molar-refractivity contribution is -0.142. The summed E-state index contributed by atoms with van der Waals surface area (Å²) in [6, 6.07) is 7.85. The summed E-state index contributed by atoms with van der Waals surface area (Å²) < 4.78 is 0. The fourth-order valence-electron chi connectivity index (χ4n) is 2.49. The lowest BCUT2D eigenvalue weighted by Crippen LogP contribution is -2.42. The summed E-state index contributed by atoms with van der Waals surface area (Å²) in [5, 5.41) is 11.9. The Morgan fingerprint density at radius 3 is 2.45 bits per heavy atom. The van der Waals surface area contributed by atoms with Gasteiger partial charge in [-0.3, -0.25) is 14.5 Å². The first-order chi connectivity index (χ1) is 10.5. The second-order valence-corrected chi connectivity index (χ2v) is 5.98. The maximum absolute atomic E-state index is 11.3. The molecule has 1 aromatic carbocycles. The van der Waals surface area contributed by atoms with Crippen molar-refractivity contribution in [1.29, 1.82) is 0 Å². The van der Waals surface area contributed by atoms with E-state index in [9.17, 15) is 14.7 Å². The van der Waals surface area contributed by atoms with Crippen molar-refractivity contribution in [3.63, 3.8) is 0 Å². The molecule has 1 fully saturated rings. The molecule has 0 aliphatic heterocycles. The second kappa shape index (κ2) is 7.40. The van der Waals surface area contributed by atoms with E-state index in [0.29, 0.717) is 19.6 Å². The molecule has 5 nitrogen and oxygen atoms in total. The third-order valence-corrected chi connectivity index (χ3v) is 4.09. The number of amides is 1. The van der Waals surface area contributed by atoms with Crippen LogP contribution >= 0.6 is 0 Å². The first-order valence-electron chi connectivity index (χ1n) is 7.77. The lowest BCUT2D eigenvalue weighted by Gasteiger charge is -2.26. The van der Waals surface area contributed by atoms with Crippen molar-refractivity contribution < 1.29 is 14.7 Å². The van der Waals surface area contributed by atoms with Crippen LogP contribution in [-0.2, 0) is 16.1 Å². The largest absolute Gasteiger partial charge is 0.480 e. The average Bonchev–Trinajstić information content (AvgIpc) is 3.30. The minimum absolute atomic E-state index is 0.100. The summed E-state index contributed by atoms with van der Waals surface area (Å²) in [7, 11) is 0. The molecule has 1 unspecified atom stereocenters. The first-order valence-corrected chi connectivity index (χ1v) is 7.77. The summed E-state index contributed by atoms with van der Waals surface area (Å²) in [4.78, 5) is 24.1. The molecule has 0 saturated heterocycles. The van der Waals surface area contributed by atoms with E-state index < -0.39 is 12.0 Å². The number of nitrogens with zero attached hydrogens (tertiary/aromatic N) is 1. The number of carboxylic acid groups (broad SMARTS) is 1. The molecule has 1 saturated carbocycles. The third kappa shape index (κ3) is 4.84. The number of carbonyl (C=O) groups is 2. The van der Waals surface area contributed by atoms with Crippen LogP contribution in [0.15, 0.2) is 24.3 Å². The minimum atomic E-state index is -0.850. The van der Waals surface area contributed by atoms with Crippen molar-refractivity contribution in [2.45, 2.75) is 45.2 Å². The number of hydrogen-bond donors (Lipinski definition) is 2. The molecule has 0 bridgehead atoms. The van der Waals surface area contributed by atoms with E-state index in [0.717, 1.165) is 11.5 Å². The van der Waals surface area contributed by atoms with E-state index in [2.05, 4.69) is 29.6 Å². The third-order valence-electron chi connectivity index (χ3n) is 4.09. The topological polar surface area (TPSA) is 69.6 Å². The van der Waals surface area contributed by atoms with Gasteiger partial charge < -0.3 is 10.4 Å².